The quantitative estimate of drug-likeness (QED) is 0.596. The summed E-state index contributed by atoms with van der Waals surface area (Å²) >= 11 is 1.39. The molecule has 0 unspecified atom stereocenters. The molecule has 0 radical (unpaired) electrons. The normalized spacial score (nSPS) is 14.2. The molecule has 4 rings (SSSR count). The second-order valence-corrected chi connectivity index (χ2v) is 8.70. The number of carbonyl (C=O) groups excluding carboxylic acids is 2. The first-order valence-corrected chi connectivity index (χ1v) is 11.6. The van der Waals surface area contributed by atoms with Crippen molar-refractivity contribution in [3.05, 3.63) is 87.6 Å². The van der Waals surface area contributed by atoms with Crippen molar-refractivity contribution in [2.45, 2.75) is 13.1 Å². The average Bonchev–Trinajstić information content (AvgIpc) is 3.37. The summed E-state index contributed by atoms with van der Waals surface area (Å²) in [6, 6.07) is 19.1. The number of carbonyl (C=O) groups is 2. The molecule has 0 bridgehead atoms. The van der Waals surface area contributed by atoms with Gasteiger partial charge in [0.05, 0.1) is 29.3 Å². The summed E-state index contributed by atoms with van der Waals surface area (Å²) in [5.41, 5.74) is 3.33. The maximum absolute atomic E-state index is 13.0. The van der Waals surface area contributed by atoms with Crippen LogP contribution in [0.5, 0.6) is 0 Å². The third-order valence-corrected chi connectivity index (χ3v) is 6.36. The van der Waals surface area contributed by atoms with Gasteiger partial charge in [0.2, 0.25) is 0 Å². The predicted octanol–water partition coefficient (Wildman–Crippen LogP) is 3.79. The fourth-order valence-electron chi connectivity index (χ4n) is 3.77. The van der Waals surface area contributed by atoms with Crippen LogP contribution in [0, 0.1) is 0 Å². The molecule has 0 saturated carbocycles. The van der Waals surface area contributed by atoms with Crippen molar-refractivity contribution in [3.8, 4) is 0 Å². The van der Waals surface area contributed by atoms with Gasteiger partial charge in [0.15, 0.2) is 0 Å². The van der Waals surface area contributed by atoms with Gasteiger partial charge in [0.1, 0.15) is 0 Å². The molecule has 32 heavy (non-hydrogen) atoms. The maximum Gasteiger partial charge on any atom is 0.268 e. The number of anilines is 1. The van der Waals surface area contributed by atoms with Crippen LogP contribution in [0.15, 0.2) is 66.0 Å². The lowest BCUT2D eigenvalue weighted by atomic mass is 10.1. The standard InChI is InChI=1S/C25H27N3O3S/c1-27(25(30)23-10-5-15-32-23)22-9-3-2-8-21(22)24(29)26-17-19-6-4-7-20(16-19)18-28-11-13-31-14-12-28/h2-10,15-16H,11-14,17-18H2,1H3,(H,26,29). The number of hydrogen-bond acceptors (Lipinski definition) is 5. The van der Waals surface area contributed by atoms with Crippen molar-refractivity contribution < 1.29 is 14.3 Å². The van der Waals surface area contributed by atoms with E-state index in [9.17, 15) is 9.59 Å². The van der Waals surface area contributed by atoms with Crippen LogP contribution in [0.4, 0.5) is 5.69 Å². The van der Waals surface area contributed by atoms with E-state index < -0.39 is 0 Å². The Morgan fingerprint density at radius 1 is 1.03 bits per heavy atom. The zero-order chi connectivity index (χ0) is 22.3. The lowest BCUT2D eigenvalue weighted by Gasteiger charge is -2.26. The molecular weight excluding hydrogens is 422 g/mol. The average molecular weight is 450 g/mol. The van der Waals surface area contributed by atoms with Gasteiger partial charge in [-0.15, -0.1) is 11.3 Å². The van der Waals surface area contributed by atoms with Crippen LogP contribution in [0.2, 0.25) is 0 Å². The molecule has 1 aliphatic heterocycles. The molecular formula is C25H27N3O3S. The van der Waals surface area contributed by atoms with Gasteiger partial charge in [-0.1, -0.05) is 42.5 Å². The number of rotatable bonds is 7. The highest BCUT2D eigenvalue weighted by Gasteiger charge is 2.20. The molecule has 2 heterocycles. The van der Waals surface area contributed by atoms with E-state index in [2.05, 4.69) is 22.3 Å². The Morgan fingerprint density at radius 3 is 2.59 bits per heavy atom. The molecule has 1 aliphatic rings. The van der Waals surface area contributed by atoms with Gasteiger partial charge in [0.25, 0.3) is 11.8 Å². The van der Waals surface area contributed by atoms with Gasteiger partial charge in [-0.3, -0.25) is 14.5 Å². The molecule has 2 amide bonds. The van der Waals surface area contributed by atoms with Crippen LogP contribution in [0.1, 0.15) is 31.2 Å². The Balaban J connectivity index is 1.41. The summed E-state index contributed by atoms with van der Waals surface area (Å²) in [6.07, 6.45) is 0. The second kappa shape index (κ2) is 10.5. The van der Waals surface area contributed by atoms with Crippen LogP contribution < -0.4 is 10.2 Å². The summed E-state index contributed by atoms with van der Waals surface area (Å²) in [6.45, 7) is 4.73. The van der Waals surface area contributed by atoms with Gasteiger partial charge in [0, 0.05) is 33.2 Å². The van der Waals surface area contributed by atoms with E-state index in [-0.39, 0.29) is 11.8 Å². The minimum atomic E-state index is -0.204. The fraction of sp³-hybridized carbons (Fsp3) is 0.280. The van der Waals surface area contributed by atoms with Gasteiger partial charge in [-0.05, 0) is 34.7 Å². The van der Waals surface area contributed by atoms with E-state index in [4.69, 9.17) is 4.74 Å². The van der Waals surface area contributed by atoms with Crippen LogP contribution in [-0.4, -0.2) is 50.1 Å². The molecule has 1 saturated heterocycles. The van der Waals surface area contributed by atoms with E-state index in [0.29, 0.717) is 22.7 Å². The number of hydrogen-bond donors (Lipinski definition) is 1. The zero-order valence-corrected chi connectivity index (χ0v) is 18.9. The first-order valence-electron chi connectivity index (χ1n) is 10.7. The SMILES string of the molecule is CN(C(=O)c1cccs1)c1ccccc1C(=O)NCc1cccc(CN2CCOCC2)c1. The first kappa shape index (κ1) is 22.2. The third-order valence-electron chi connectivity index (χ3n) is 5.50. The molecule has 1 fully saturated rings. The fourth-order valence-corrected chi connectivity index (χ4v) is 4.46. The van der Waals surface area contributed by atoms with E-state index in [1.165, 1.54) is 21.8 Å². The molecule has 0 atom stereocenters. The third kappa shape index (κ3) is 5.43. The van der Waals surface area contributed by atoms with E-state index in [0.717, 1.165) is 38.4 Å². The molecule has 3 aromatic rings. The Labute approximate surface area is 192 Å². The first-order chi connectivity index (χ1) is 15.6. The Bertz CT molecular complexity index is 1060. The lowest BCUT2D eigenvalue weighted by molar-refractivity contribution is 0.0342. The van der Waals surface area contributed by atoms with Crippen molar-refractivity contribution in [2.75, 3.05) is 38.3 Å². The molecule has 166 valence electrons. The Kier molecular flexibility index (Phi) is 7.32. The Hall–Kier alpha value is -3.00. The van der Waals surface area contributed by atoms with Crippen molar-refractivity contribution in [1.29, 1.82) is 0 Å². The van der Waals surface area contributed by atoms with E-state index in [1.54, 1.807) is 25.2 Å². The lowest BCUT2D eigenvalue weighted by Crippen LogP contribution is -2.35. The number of nitrogens with zero attached hydrogens (tertiary/aromatic N) is 2. The molecule has 1 aromatic heterocycles. The van der Waals surface area contributed by atoms with Crippen molar-refractivity contribution in [1.82, 2.24) is 10.2 Å². The Morgan fingerprint density at radius 2 is 1.81 bits per heavy atom. The summed E-state index contributed by atoms with van der Waals surface area (Å²) in [7, 11) is 1.70. The maximum atomic E-state index is 13.0. The minimum Gasteiger partial charge on any atom is -0.379 e. The van der Waals surface area contributed by atoms with Gasteiger partial charge in [-0.25, -0.2) is 0 Å². The number of morpholine rings is 1. The second-order valence-electron chi connectivity index (χ2n) is 7.75. The molecule has 2 aromatic carbocycles. The number of amides is 2. The monoisotopic (exact) mass is 449 g/mol. The number of benzene rings is 2. The van der Waals surface area contributed by atoms with E-state index in [1.807, 2.05) is 35.7 Å². The van der Waals surface area contributed by atoms with Crippen LogP contribution in [0.25, 0.3) is 0 Å². The minimum absolute atomic E-state index is 0.129. The molecule has 0 spiro atoms. The van der Waals surface area contributed by atoms with Gasteiger partial charge in [-0.2, -0.15) is 0 Å². The highest BCUT2D eigenvalue weighted by atomic mass is 32.1. The predicted molar refractivity (Wildman–Crippen MR) is 127 cm³/mol. The smallest absolute Gasteiger partial charge is 0.268 e. The van der Waals surface area contributed by atoms with Crippen molar-refractivity contribution in [2.24, 2.45) is 0 Å². The van der Waals surface area contributed by atoms with Gasteiger partial charge < -0.3 is 15.0 Å². The number of thiophene rings is 1. The van der Waals surface area contributed by atoms with E-state index >= 15 is 0 Å². The zero-order valence-electron chi connectivity index (χ0n) is 18.1. The summed E-state index contributed by atoms with van der Waals surface area (Å²) in [5.74, 6) is -0.332. The molecule has 7 heteroatoms. The number of nitrogens with one attached hydrogen (secondary N) is 1. The molecule has 0 aliphatic carbocycles. The topological polar surface area (TPSA) is 61.9 Å². The summed E-state index contributed by atoms with van der Waals surface area (Å²) in [4.78, 5) is 30.3. The largest absolute Gasteiger partial charge is 0.379 e. The number of para-hydroxylation sites is 1. The van der Waals surface area contributed by atoms with Crippen molar-refractivity contribution >= 4 is 28.8 Å². The highest BCUT2D eigenvalue weighted by molar-refractivity contribution is 7.12. The summed E-state index contributed by atoms with van der Waals surface area (Å²) in [5, 5.41) is 4.88. The van der Waals surface area contributed by atoms with Crippen molar-refractivity contribution in [3.63, 3.8) is 0 Å². The molecule has 1 N–H and O–H groups in total. The summed E-state index contributed by atoms with van der Waals surface area (Å²) < 4.78 is 5.42. The number of ether oxygens (including phenoxy) is 1. The van der Waals surface area contributed by atoms with Crippen LogP contribution in [0.3, 0.4) is 0 Å². The highest BCUT2D eigenvalue weighted by Crippen LogP contribution is 2.23. The van der Waals surface area contributed by atoms with Crippen LogP contribution in [-0.2, 0) is 17.8 Å². The van der Waals surface area contributed by atoms with Crippen LogP contribution >= 0.6 is 11.3 Å². The molecule has 6 nitrogen and oxygen atoms in total. The van der Waals surface area contributed by atoms with Gasteiger partial charge >= 0.3 is 0 Å².